The maximum absolute atomic E-state index is 11.7. The second kappa shape index (κ2) is 11.2. The highest BCUT2D eigenvalue weighted by molar-refractivity contribution is 5.90. The quantitative estimate of drug-likeness (QED) is 0.405. The third-order valence-corrected chi connectivity index (χ3v) is 4.61. The Kier molecular flexibility index (Phi) is 8.14. The SMILES string of the molecule is CC(C)(C)OC(=O)NCCOc1cc(C(=O)O)cc(-c2cccc(OCc3ccccc3)c2)c1. The fraction of sp³-hybridized carbons (Fsp3) is 0.259. The molecular formula is C27H29NO6. The van der Waals surface area contributed by atoms with Gasteiger partial charge >= 0.3 is 12.1 Å². The van der Waals surface area contributed by atoms with Crippen molar-refractivity contribution in [2.24, 2.45) is 0 Å². The van der Waals surface area contributed by atoms with E-state index < -0.39 is 17.7 Å². The molecular weight excluding hydrogens is 434 g/mol. The molecule has 0 radical (unpaired) electrons. The standard InChI is InChI=1S/C27H29NO6/c1-27(2,3)34-26(31)28-12-13-32-24-16-21(14-22(17-24)25(29)30)20-10-7-11-23(15-20)33-18-19-8-5-4-6-9-19/h4-11,14-17H,12-13,18H2,1-3H3,(H,28,31)(H,29,30). The number of ether oxygens (including phenoxy) is 3. The highest BCUT2D eigenvalue weighted by Gasteiger charge is 2.15. The summed E-state index contributed by atoms with van der Waals surface area (Å²) in [5.74, 6) is -0.00216. The molecule has 3 aromatic rings. The van der Waals surface area contributed by atoms with Gasteiger partial charge in [-0.15, -0.1) is 0 Å². The Morgan fingerprint density at radius 3 is 2.29 bits per heavy atom. The summed E-state index contributed by atoms with van der Waals surface area (Å²) in [6.07, 6.45) is -0.539. The number of alkyl carbamates (subject to hydrolysis) is 1. The number of rotatable bonds is 9. The molecule has 1 amide bonds. The van der Waals surface area contributed by atoms with E-state index in [1.54, 1.807) is 32.9 Å². The van der Waals surface area contributed by atoms with Crippen LogP contribution < -0.4 is 14.8 Å². The average Bonchev–Trinajstić information content (AvgIpc) is 2.80. The maximum atomic E-state index is 11.7. The molecule has 2 N–H and O–H groups in total. The third-order valence-electron chi connectivity index (χ3n) is 4.61. The first kappa shape index (κ1) is 24.6. The molecule has 0 aliphatic carbocycles. The van der Waals surface area contributed by atoms with Gasteiger partial charge in [0, 0.05) is 0 Å². The summed E-state index contributed by atoms with van der Waals surface area (Å²) in [5, 5.41) is 12.2. The predicted molar refractivity (Wildman–Crippen MR) is 129 cm³/mol. The van der Waals surface area contributed by atoms with Crippen molar-refractivity contribution >= 4 is 12.1 Å². The molecule has 0 bridgehead atoms. The van der Waals surface area contributed by atoms with Crippen LogP contribution in [0, 0.1) is 0 Å². The van der Waals surface area contributed by atoms with Gasteiger partial charge in [-0.2, -0.15) is 0 Å². The Balaban J connectivity index is 1.68. The lowest BCUT2D eigenvalue weighted by Crippen LogP contribution is -2.34. The molecule has 178 valence electrons. The van der Waals surface area contributed by atoms with Crippen molar-refractivity contribution in [2.75, 3.05) is 13.2 Å². The molecule has 0 heterocycles. The Labute approximate surface area is 199 Å². The maximum Gasteiger partial charge on any atom is 0.407 e. The normalized spacial score (nSPS) is 10.9. The number of benzene rings is 3. The van der Waals surface area contributed by atoms with Gasteiger partial charge < -0.3 is 24.6 Å². The molecule has 0 aromatic heterocycles. The van der Waals surface area contributed by atoms with Gasteiger partial charge in [0.2, 0.25) is 0 Å². The molecule has 3 rings (SSSR count). The zero-order valence-electron chi connectivity index (χ0n) is 19.5. The van der Waals surface area contributed by atoms with Crippen molar-refractivity contribution in [1.82, 2.24) is 5.32 Å². The lowest BCUT2D eigenvalue weighted by atomic mass is 10.0. The number of nitrogens with one attached hydrogen (secondary N) is 1. The monoisotopic (exact) mass is 463 g/mol. The van der Waals surface area contributed by atoms with Crippen LogP contribution in [0.5, 0.6) is 11.5 Å². The van der Waals surface area contributed by atoms with E-state index in [4.69, 9.17) is 14.2 Å². The van der Waals surface area contributed by atoms with Crippen molar-refractivity contribution in [3.63, 3.8) is 0 Å². The number of carboxylic acid groups (broad SMARTS) is 1. The predicted octanol–water partition coefficient (Wildman–Crippen LogP) is 5.53. The number of aromatic carboxylic acids is 1. The van der Waals surface area contributed by atoms with Crippen LogP contribution in [0.4, 0.5) is 4.79 Å². The zero-order valence-corrected chi connectivity index (χ0v) is 19.5. The summed E-state index contributed by atoms with van der Waals surface area (Å²) in [6.45, 7) is 6.14. The van der Waals surface area contributed by atoms with Gasteiger partial charge in [-0.1, -0.05) is 42.5 Å². The van der Waals surface area contributed by atoms with E-state index >= 15 is 0 Å². The van der Waals surface area contributed by atoms with Gasteiger partial charge in [0.25, 0.3) is 0 Å². The van der Waals surface area contributed by atoms with E-state index in [9.17, 15) is 14.7 Å². The number of hydrogen-bond donors (Lipinski definition) is 2. The van der Waals surface area contributed by atoms with Crippen molar-refractivity contribution < 1.29 is 28.9 Å². The third kappa shape index (κ3) is 7.85. The van der Waals surface area contributed by atoms with Crippen LogP contribution in [0.25, 0.3) is 11.1 Å². The minimum Gasteiger partial charge on any atom is -0.492 e. The molecule has 7 heteroatoms. The van der Waals surface area contributed by atoms with Gasteiger partial charge in [0.1, 0.15) is 30.3 Å². The molecule has 34 heavy (non-hydrogen) atoms. The summed E-state index contributed by atoms with van der Waals surface area (Å²) in [6, 6.07) is 22.1. The number of hydrogen-bond acceptors (Lipinski definition) is 5. The largest absolute Gasteiger partial charge is 0.492 e. The zero-order chi connectivity index (χ0) is 24.6. The molecule has 3 aromatic carbocycles. The number of carboxylic acids is 1. The van der Waals surface area contributed by atoms with E-state index in [1.165, 1.54) is 6.07 Å². The van der Waals surface area contributed by atoms with Gasteiger partial charge in [-0.25, -0.2) is 9.59 Å². The lowest BCUT2D eigenvalue weighted by Gasteiger charge is -2.19. The highest BCUT2D eigenvalue weighted by atomic mass is 16.6. The molecule has 0 saturated heterocycles. The Hall–Kier alpha value is -4.00. The van der Waals surface area contributed by atoms with Gasteiger partial charge in [0.05, 0.1) is 12.1 Å². The molecule has 0 unspecified atom stereocenters. The van der Waals surface area contributed by atoms with Crippen molar-refractivity contribution in [2.45, 2.75) is 33.0 Å². The van der Waals surface area contributed by atoms with Crippen LogP contribution in [0.3, 0.4) is 0 Å². The molecule has 0 aliphatic rings. The van der Waals surface area contributed by atoms with Crippen LogP contribution in [0.2, 0.25) is 0 Å². The average molecular weight is 464 g/mol. The Morgan fingerprint density at radius 1 is 0.853 bits per heavy atom. The molecule has 0 spiro atoms. The van der Waals surface area contributed by atoms with Crippen LogP contribution in [0.15, 0.2) is 72.8 Å². The van der Waals surface area contributed by atoms with Crippen LogP contribution in [-0.4, -0.2) is 35.9 Å². The van der Waals surface area contributed by atoms with E-state index in [0.717, 1.165) is 11.1 Å². The van der Waals surface area contributed by atoms with Gasteiger partial charge in [-0.3, -0.25) is 0 Å². The summed E-state index contributed by atoms with van der Waals surface area (Å²) >= 11 is 0. The van der Waals surface area contributed by atoms with Crippen molar-refractivity contribution in [3.8, 4) is 22.6 Å². The van der Waals surface area contributed by atoms with Crippen LogP contribution in [-0.2, 0) is 11.3 Å². The summed E-state index contributed by atoms with van der Waals surface area (Å²) in [7, 11) is 0. The summed E-state index contributed by atoms with van der Waals surface area (Å²) in [4.78, 5) is 23.4. The first-order chi connectivity index (χ1) is 16.2. The van der Waals surface area contributed by atoms with Gasteiger partial charge in [-0.05, 0) is 67.8 Å². The second-order valence-electron chi connectivity index (χ2n) is 8.63. The first-order valence-corrected chi connectivity index (χ1v) is 10.9. The van der Waals surface area contributed by atoms with Crippen LogP contribution >= 0.6 is 0 Å². The first-order valence-electron chi connectivity index (χ1n) is 10.9. The number of carbonyl (C=O) groups excluding carboxylic acids is 1. The van der Waals surface area contributed by atoms with E-state index in [2.05, 4.69) is 5.32 Å². The van der Waals surface area contributed by atoms with E-state index in [-0.39, 0.29) is 18.7 Å². The number of carbonyl (C=O) groups is 2. The smallest absolute Gasteiger partial charge is 0.407 e. The molecule has 7 nitrogen and oxygen atoms in total. The molecule has 0 aliphatic heterocycles. The Morgan fingerprint density at radius 2 is 1.59 bits per heavy atom. The fourth-order valence-electron chi connectivity index (χ4n) is 3.12. The molecule has 0 fully saturated rings. The minimum atomic E-state index is -1.06. The van der Waals surface area contributed by atoms with E-state index in [0.29, 0.717) is 23.7 Å². The van der Waals surface area contributed by atoms with Gasteiger partial charge in [0.15, 0.2) is 0 Å². The topological polar surface area (TPSA) is 94.1 Å². The summed E-state index contributed by atoms with van der Waals surface area (Å²) < 4.78 is 16.8. The molecule has 0 atom stereocenters. The van der Waals surface area contributed by atoms with E-state index in [1.807, 2.05) is 54.6 Å². The highest BCUT2D eigenvalue weighted by Crippen LogP contribution is 2.29. The lowest BCUT2D eigenvalue weighted by molar-refractivity contribution is 0.0520. The van der Waals surface area contributed by atoms with Crippen molar-refractivity contribution in [3.05, 3.63) is 83.9 Å². The second-order valence-corrected chi connectivity index (χ2v) is 8.63. The molecule has 0 saturated carbocycles. The van der Waals surface area contributed by atoms with Crippen molar-refractivity contribution in [1.29, 1.82) is 0 Å². The van der Waals surface area contributed by atoms with Crippen LogP contribution in [0.1, 0.15) is 36.7 Å². The Bertz CT molecular complexity index is 1120. The number of amides is 1. The fourth-order valence-corrected chi connectivity index (χ4v) is 3.12. The summed E-state index contributed by atoms with van der Waals surface area (Å²) in [5.41, 5.74) is 2.04. The minimum absolute atomic E-state index is 0.100.